The first-order valence-electron chi connectivity index (χ1n) is 15.1. The van der Waals surface area contributed by atoms with Crippen LogP contribution in [-0.2, 0) is 9.53 Å². The maximum atomic E-state index is 13.9. The molecule has 242 valence electrons. The van der Waals surface area contributed by atoms with E-state index < -0.39 is 23.9 Å². The molecule has 0 N–H and O–H groups in total. The number of methoxy groups -OCH3 is 1. The van der Waals surface area contributed by atoms with Gasteiger partial charge >= 0.3 is 17.9 Å². The smallest absolute Gasteiger partial charge is 0.379 e. The number of aromatic nitrogens is 1. The fourth-order valence-electron chi connectivity index (χ4n) is 5.63. The van der Waals surface area contributed by atoms with Gasteiger partial charge in [-0.25, -0.2) is 19.4 Å². The number of fused-ring (bicyclic) bond motifs is 2. The number of esters is 3. The van der Waals surface area contributed by atoms with Crippen molar-refractivity contribution >= 4 is 46.1 Å². The van der Waals surface area contributed by atoms with Crippen LogP contribution >= 0.6 is 11.3 Å². The van der Waals surface area contributed by atoms with Crippen LogP contribution in [0.5, 0.6) is 11.5 Å². The number of hydrogen-bond donors (Lipinski definition) is 0. The molecule has 2 aromatic heterocycles. The number of ether oxygens (including phenoxy) is 3. The Morgan fingerprint density at radius 2 is 1.51 bits per heavy atom. The summed E-state index contributed by atoms with van der Waals surface area (Å²) in [6, 6.07) is 28.6. The Hall–Kier alpha value is -6.33. The molecular weight excluding hydrogens is 644 g/mol. The van der Waals surface area contributed by atoms with E-state index in [0.717, 1.165) is 10.8 Å². The molecule has 3 heterocycles. The second-order valence-corrected chi connectivity index (χ2v) is 12.0. The molecule has 0 radical (unpaired) electrons. The quantitative estimate of drug-likeness (QED) is 0.159. The molecule has 49 heavy (non-hydrogen) atoms. The molecule has 4 aromatic carbocycles. The van der Waals surface area contributed by atoms with Crippen LogP contribution in [-0.4, -0.2) is 29.6 Å². The average Bonchev–Trinajstić information content (AvgIpc) is 3.77. The van der Waals surface area contributed by atoms with E-state index >= 15 is 0 Å². The largest absolute Gasteiger partial charge is 0.466 e. The lowest BCUT2D eigenvalue weighted by molar-refractivity contribution is -0.136. The van der Waals surface area contributed by atoms with Gasteiger partial charge in [-0.3, -0.25) is 9.36 Å². The van der Waals surface area contributed by atoms with Crippen molar-refractivity contribution in [2.24, 2.45) is 4.99 Å². The number of carbonyl (C=O) groups is 3. The Morgan fingerprint density at radius 1 is 0.816 bits per heavy atom. The topological polar surface area (TPSA) is 126 Å². The highest BCUT2D eigenvalue weighted by molar-refractivity contribution is 7.07. The summed E-state index contributed by atoms with van der Waals surface area (Å²) in [5.74, 6) is -1.09. The van der Waals surface area contributed by atoms with Crippen LogP contribution in [0.3, 0.4) is 0 Å². The monoisotopic (exact) mass is 670 g/mol. The van der Waals surface area contributed by atoms with Gasteiger partial charge < -0.3 is 18.6 Å². The zero-order valence-electron chi connectivity index (χ0n) is 26.1. The first-order valence-corrected chi connectivity index (χ1v) is 15.9. The average molecular weight is 671 g/mol. The number of furan rings is 1. The van der Waals surface area contributed by atoms with Crippen LogP contribution in [0, 0.1) is 0 Å². The van der Waals surface area contributed by atoms with E-state index in [4.69, 9.17) is 18.6 Å². The van der Waals surface area contributed by atoms with Crippen LogP contribution in [0.4, 0.5) is 0 Å². The van der Waals surface area contributed by atoms with Gasteiger partial charge in [-0.1, -0.05) is 72.0 Å². The number of carbonyl (C=O) groups excluding carboxylic acids is 3. The van der Waals surface area contributed by atoms with Crippen molar-refractivity contribution in [3.63, 3.8) is 0 Å². The van der Waals surface area contributed by atoms with Crippen molar-refractivity contribution in [3.8, 4) is 11.5 Å². The third-order valence-corrected chi connectivity index (χ3v) is 8.94. The van der Waals surface area contributed by atoms with E-state index in [1.165, 1.54) is 35.3 Å². The number of nitrogens with zero attached hydrogens (tertiary/aromatic N) is 2. The van der Waals surface area contributed by atoms with Crippen LogP contribution < -0.4 is 24.4 Å². The van der Waals surface area contributed by atoms with Crippen molar-refractivity contribution < 1.29 is 33.0 Å². The molecule has 1 aliphatic heterocycles. The van der Waals surface area contributed by atoms with Crippen LogP contribution in [0.25, 0.3) is 16.8 Å². The number of rotatable bonds is 7. The minimum atomic E-state index is -0.850. The molecule has 0 spiro atoms. The van der Waals surface area contributed by atoms with E-state index in [9.17, 15) is 19.2 Å². The normalized spacial score (nSPS) is 14.2. The zero-order chi connectivity index (χ0) is 34.1. The number of benzene rings is 4. The molecule has 0 amide bonds. The predicted molar refractivity (Wildman–Crippen MR) is 181 cm³/mol. The molecule has 0 bridgehead atoms. The van der Waals surface area contributed by atoms with Crippen molar-refractivity contribution in [3.05, 3.63) is 163 Å². The van der Waals surface area contributed by atoms with Crippen LogP contribution in [0.15, 0.2) is 135 Å². The van der Waals surface area contributed by atoms with Crippen molar-refractivity contribution in [1.82, 2.24) is 4.57 Å². The number of hydrogen-bond acceptors (Lipinski definition) is 10. The van der Waals surface area contributed by atoms with Gasteiger partial charge in [0.15, 0.2) is 4.80 Å². The first-order chi connectivity index (χ1) is 23.8. The molecule has 0 saturated heterocycles. The third kappa shape index (κ3) is 6.10. The van der Waals surface area contributed by atoms with Gasteiger partial charge in [0, 0.05) is 0 Å². The van der Waals surface area contributed by atoms with Gasteiger partial charge in [0.2, 0.25) is 5.76 Å². The van der Waals surface area contributed by atoms with E-state index in [1.54, 1.807) is 73.7 Å². The summed E-state index contributed by atoms with van der Waals surface area (Å²) in [5, 5.41) is 1.74. The molecule has 7 rings (SSSR count). The van der Waals surface area contributed by atoms with Crippen molar-refractivity contribution in [2.75, 3.05) is 7.11 Å². The van der Waals surface area contributed by atoms with Gasteiger partial charge in [0.05, 0.1) is 40.8 Å². The lowest BCUT2D eigenvalue weighted by Gasteiger charge is -2.24. The fraction of sp³-hybridized carbons (Fsp3) is 0.0789. The van der Waals surface area contributed by atoms with Crippen LogP contribution in [0.1, 0.15) is 45.0 Å². The lowest BCUT2D eigenvalue weighted by atomic mass is 9.96. The Bertz CT molecular complexity index is 2450. The molecule has 10 nitrogen and oxygen atoms in total. The maximum absolute atomic E-state index is 13.9. The summed E-state index contributed by atoms with van der Waals surface area (Å²) < 4.78 is 23.1. The minimum absolute atomic E-state index is 0.0549. The molecule has 1 unspecified atom stereocenters. The van der Waals surface area contributed by atoms with Gasteiger partial charge in [-0.2, -0.15) is 0 Å². The van der Waals surface area contributed by atoms with Crippen LogP contribution in [0.2, 0.25) is 0 Å². The molecule has 0 fully saturated rings. The summed E-state index contributed by atoms with van der Waals surface area (Å²) in [5.41, 5.74) is 2.00. The zero-order valence-corrected chi connectivity index (χ0v) is 26.9. The molecule has 1 aliphatic rings. The molecule has 0 aliphatic carbocycles. The second-order valence-electron chi connectivity index (χ2n) is 11.0. The molecule has 11 heteroatoms. The van der Waals surface area contributed by atoms with E-state index in [-0.39, 0.29) is 22.6 Å². The highest BCUT2D eigenvalue weighted by Crippen LogP contribution is 2.32. The Balaban J connectivity index is 1.18. The van der Waals surface area contributed by atoms with E-state index in [2.05, 4.69) is 4.99 Å². The van der Waals surface area contributed by atoms with E-state index in [1.807, 2.05) is 36.4 Å². The summed E-state index contributed by atoms with van der Waals surface area (Å²) in [6.07, 6.45) is 3.09. The standard InChI is InChI=1S/C38H26N2O8S/c1-22-32(37(44)45-2)33(25-14-18-27(19-15-25)48-36(43)30-11-6-20-46-30)40-34(41)31(49-38(40)39-22)21-23-12-16-26(17-13-23)47-35(42)29-10-5-8-24-7-3-4-9-28(24)29/h3-21,33H,1-2H3/b31-21+. The molecule has 0 saturated carbocycles. The van der Waals surface area contributed by atoms with E-state index in [0.29, 0.717) is 37.5 Å². The second kappa shape index (κ2) is 13.1. The van der Waals surface area contributed by atoms with Gasteiger partial charge in [0.25, 0.3) is 5.56 Å². The van der Waals surface area contributed by atoms with Crippen molar-refractivity contribution in [1.29, 1.82) is 0 Å². The molecule has 6 aromatic rings. The minimum Gasteiger partial charge on any atom is -0.466 e. The Labute approximate surface area is 282 Å². The number of allylic oxidation sites excluding steroid dienone is 1. The third-order valence-electron chi connectivity index (χ3n) is 7.95. The number of thiazole rings is 1. The van der Waals surface area contributed by atoms with Crippen molar-refractivity contribution in [2.45, 2.75) is 13.0 Å². The molecule has 1 atom stereocenters. The summed E-state index contributed by atoms with van der Waals surface area (Å²) in [4.78, 5) is 57.3. The summed E-state index contributed by atoms with van der Waals surface area (Å²) in [7, 11) is 1.27. The van der Waals surface area contributed by atoms with Gasteiger partial charge in [-0.05, 0) is 77.4 Å². The van der Waals surface area contributed by atoms with Gasteiger partial charge in [0.1, 0.15) is 11.5 Å². The lowest BCUT2D eigenvalue weighted by Crippen LogP contribution is -2.39. The SMILES string of the molecule is COC(=O)C1=C(C)N=c2s/c(=C/c3ccc(OC(=O)c4cccc5ccccc45)cc3)c(=O)n2C1c1ccc(OC(=O)c2ccco2)cc1. The summed E-state index contributed by atoms with van der Waals surface area (Å²) >= 11 is 1.18. The first kappa shape index (κ1) is 31.3. The van der Waals surface area contributed by atoms with Gasteiger partial charge in [-0.15, -0.1) is 0 Å². The highest BCUT2D eigenvalue weighted by atomic mass is 32.1. The Kier molecular flexibility index (Phi) is 8.33. The highest BCUT2D eigenvalue weighted by Gasteiger charge is 2.33. The summed E-state index contributed by atoms with van der Waals surface area (Å²) in [6.45, 7) is 1.69. The predicted octanol–water partition coefficient (Wildman–Crippen LogP) is 5.59. The fourth-order valence-corrected chi connectivity index (χ4v) is 6.67. The maximum Gasteiger partial charge on any atom is 0.379 e. The molecular formula is C38H26N2O8S. The Morgan fingerprint density at radius 3 is 2.22 bits per heavy atom.